The fourth-order valence-corrected chi connectivity index (χ4v) is 4.10. The zero-order valence-electron chi connectivity index (χ0n) is 16.6. The third-order valence-corrected chi connectivity index (χ3v) is 5.57. The molecule has 1 aliphatic rings. The van der Waals surface area contributed by atoms with Gasteiger partial charge in [0.25, 0.3) is 5.91 Å². The van der Waals surface area contributed by atoms with E-state index in [2.05, 4.69) is 5.32 Å². The first-order valence-electron chi connectivity index (χ1n) is 9.61. The van der Waals surface area contributed by atoms with E-state index >= 15 is 0 Å². The number of fused-ring (bicyclic) bond motifs is 1. The fraction of sp³-hybridized carbons (Fsp3) is 0.217. The fourth-order valence-electron chi connectivity index (χ4n) is 3.14. The Balaban J connectivity index is 1.60. The number of carbonyl (C=O) groups is 2. The van der Waals surface area contributed by atoms with Gasteiger partial charge in [-0.3, -0.25) is 4.79 Å². The molecule has 0 bridgehead atoms. The van der Waals surface area contributed by atoms with Gasteiger partial charge in [0, 0.05) is 10.9 Å². The number of hydrogen-bond acceptors (Lipinski definition) is 6. The predicted octanol–water partition coefficient (Wildman–Crippen LogP) is 4.68. The summed E-state index contributed by atoms with van der Waals surface area (Å²) in [4.78, 5) is 25.5. The molecule has 1 atom stereocenters. The highest BCUT2D eigenvalue weighted by atomic mass is 32.1. The van der Waals surface area contributed by atoms with Crippen molar-refractivity contribution in [3.05, 3.63) is 65.0 Å². The maximum atomic E-state index is 12.8. The number of carbonyl (C=O) groups excluding carboxylic acids is 2. The van der Waals surface area contributed by atoms with Crippen LogP contribution in [-0.4, -0.2) is 31.2 Å². The smallest absolute Gasteiger partial charge is 0.341 e. The van der Waals surface area contributed by atoms with Gasteiger partial charge >= 0.3 is 5.97 Å². The topological polar surface area (TPSA) is 73.9 Å². The van der Waals surface area contributed by atoms with E-state index in [-0.39, 0.29) is 19.1 Å². The van der Waals surface area contributed by atoms with E-state index in [4.69, 9.17) is 14.2 Å². The molecule has 3 aromatic rings. The molecule has 1 N–H and O–H groups in total. The Bertz CT molecular complexity index is 1070. The van der Waals surface area contributed by atoms with Crippen LogP contribution in [0.15, 0.2) is 53.9 Å². The van der Waals surface area contributed by atoms with E-state index in [0.29, 0.717) is 22.1 Å². The number of anilines is 1. The lowest BCUT2D eigenvalue weighted by Crippen LogP contribution is -2.40. The van der Waals surface area contributed by atoms with Crippen LogP contribution in [0.2, 0.25) is 0 Å². The molecule has 1 aliphatic heterocycles. The van der Waals surface area contributed by atoms with Crippen molar-refractivity contribution < 1.29 is 23.8 Å². The van der Waals surface area contributed by atoms with E-state index in [0.717, 1.165) is 16.7 Å². The monoisotopic (exact) mass is 423 g/mol. The van der Waals surface area contributed by atoms with Crippen LogP contribution in [0.1, 0.15) is 22.8 Å². The van der Waals surface area contributed by atoms with Gasteiger partial charge in [-0.2, -0.15) is 0 Å². The molecule has 4 rings (SSSR count). The van der Waals surface area contributed by atoms with Gasteiger partial charge < -0.3 is 19.5 Å². The first kappa shape index (κ1) is 20.0. The Kier molecular flexibility index (Phi) is 5.72. The van der Waals surface area contributed by atoms with Crippen LogP contribution in [0.3, 0.4) is 0 Å². The molecule has 154 valence electrons. The van der Waals surface area contributed by atoms with Crippen molar-refractivity contribution in [2.45, 2.75) is 20.0 Å². The van der Waals surface area contributed by atoms with E-state index in [1.54, 1.807) is 19.1 Å². The molecule has 7 heteroatoms. The van der Waals surface area contributed by atoms with Gasteiger partial charge in [0.15, 0.2) is 11.5 Å². The first-order valence-corrected chi connectivity index (χ1v) is 10.5. The van der Waals surface area contributed by atoms with Crippen molar-refractivity contribution in [1.29, 1.82) is 0 Å². The summed E-state index contributed by atoms with van der Waals surface area (Å²) in [5.41, 5.74) is 3.07. The summed E-state index contributed by atoms with van der Waals surface area (Å²) in [6.07, 6.45) is -0.820. The van der Waals surface area contributed by atoms with E-state index < -0.39 is 12.1 Å². The Labute approximate surface area is 178 Å². The van der Waals surface area contributed by atoms with Gasteiger partial charge in [-0.1, -0.05) is 42.0 Å². The van der Waals surface area contributed by atoms with Crippen molar-refractivity contribution in [2.75, 3.05) is 18.5 Å². The molecule has 6 nitrogen and oxygen atoms in total. The number of amides is 1. The third kappa shape index (κ3) is 4.02. The average Bonchev–Trinajstić information content (AvgIpc) is 3.17. The first-order chi connectivity index (χ1) is 14.6. The van der Waals surface area contributed by atoms with E-state index in [1.165, 1.54) is 11.3 Å². The van der Waals surface area contributed by atoms with Gasteiger partial charge in [-0.25, -0.2) is 4.79 Å². The molecule has 2 aromatic carbocycles. The number of benzene rings is 2. The molecule has 30 heavy (non-hydrogen) atoms. The van der Waals surface area contributed by atoms with E-state index in [9.17, 15) is 9.59 Å². The second kappa shape index (κ2) is 8.59. The van der Waals surface area contributed by atoms with Gasteiger partial charge in [0.05, 0.1) is 6.61 Å². The van der Waals surface area contributed by atoms with Gasteiger partial charge in [0.1, 0.15) is 17.2 Å². The number of nitrogens with one attached hydrogen (secondary N) is 1. The molecule has 1 aromatic heterocycles. The largest absolute Gasteiger partial charge is 0.485 e. The van der Waals surface area contributed by atoms with Gasteiger partial charge in [-0.05, 0) is 31.5 Å². The van der Waals surface area contributed by atoms with Crippen molar-refractivity contribution >= 4 is 28.2 Å². The summed E-state index contributed by atoms with van der Waals surface area (Å²) in [7, 11) is 0. The Morgan fingerprint density at radius 1 is 1.13 bits per heavy atom. The highest BCUT2D eigenvalue weighted by Crippen LogP contribution is 2.37. The lowest BCUT2D eigenvalue weighted by Gasteiger charge is -2.25. The number of esters is 1. The van der Waals surface area contributed by atoms with Crippen molar-refractivity contribution in [1.82, 2.24) is 0 Å². The standard InChI is InChI=1S/C23H21NO5S/c1-3-27-23(26)20-16(15-10-8-14(2)9-11-15)13-30-22(20)24-21(25)19-12-28-17-6-4-5-7-18(17)29-19/h4-11,13,19H,3,12H2,1-2H3,(H,24,25)/t19-/m0/s1. The molecular formula is C23H21NO5S. The van der Waals surface area contributed by atoms with Crippen LogP contribution >= 0.6 is 11.3 Å². The summed E-state index contributed by atoms with van der Waals surface area (Å²) in [5, 5.41) is 5.10. The summed E-state index contributed by atoms with van der Waals surface area (Å²) < 4.78 is 16.6. The van der Waals surface area contributed by atoms with Crippen LogP contribution in [-0.2, 0) is 9.53 Å². The van der Waals surface area contributed by atoms with E-state index in [1.807, 2.05) is 48.7 Å². The summed E-state index contributed by atoms with van der Waals surface area (Å²) in [6.45, 7) is 4.08. The number of para-hydroxylation sites is 2. The van der Waals surface area contributed by atoms with Crippen LogP contribution < -0.4 is 14.8 Å². The van der Waals surface area contributed by atoms with Gasteiger partial charge in [0.2, 0.25) is 6.10 Å². The quantitative estimate of drug-likeness (QED) is 0.603. The molecule has 2 heterocycles. The second-order valence-electron chi connectivity index (χ2n) is 6.79. The number of ether oxygens (including phenoxy) is 3. The van der Waals surface area contributed by atoms with Crippen LogP contribution in [0, 0.1) is 6.92 Å². The maximum absolute atomic E-state index is 12.8. The normalized spacial score (nSPS) is 14.8. The minimum Gasteiger partial charge on any atom is -0.485 e. The number of rotatable bonds is 5. The summed E-state index contributed by atoms with van der Waals surface area (Å²) in [5.74, 6) is 0.260. The minimum absolute atomic E-state index is 0.0911. The molecule has 1 amide bonds. The zero-order valence-corrected chi connectivity index (χ0v) is 17.5. The molecule has 0 aliphatic carbocycles. The Hall–Kier alpha value is -3.32. The predicted molar refractivity (Wildman–Crippen MR) is 115 cm³/mol. The molecule has 0 unspecified atom stereocenters. The third-order valence-electron chi connectivity index (χ3n) is 4.67. The second-order valence-corrected chi connectivity index (χ2v) is 7.67. The molecular weight excluding hydrogens is 402 g/mol. The van der Waals surface area contributed by atoms with Crippen molar-refractivity contribution in [3.8, 4) is 22.6 Å². The van der Waals surface area contributed by atoms with Crippen LogP contribution in [0.4, 0.5) is 5.00 Å². The lowest BCUT2D eigenvalue weighted by molar-refractivity contribution is -0.125. The Morgan fingerprint density at radius 3 is 2.60 bits per heavy atom. The molecule has 0 saturated carbocycles. The number of thiophene rings is 1. The molecule has 0 saturated heterocycles. The zero-order chi connectivity index (χ0) is 21.1. The van der Waals surface area contributed by atoms with Crippen LogP contribution in [0.25, 0.3) is 11.1 Å². The maximum Gasteiger partial charge on any atom is 0.341 e. The summed E-state index contributed by atoms with van der Waals surface area (Å²) >= 11 is 1.28. The van der Waals surface area contributed by atoms with Crippen molar-refractivity contribution in [3.63, 3.8) is 0 Å². The SMILES string of the molecule is CCOC(=O)c1c(-c2ccc(C)cc2)csc1NC(=O)[C@@H]1COc2ccccc2O1. The van der Waals surface area contributed by atoms with Crippen LogP contribution in [0.5, 0.6) is 11.5 Å². The number of aryl methyl sites for hydroxylation is 1. The Morgan fingerprint density at radius 2 is 1.87 bits per heavy atom. The minimum atomic E-state index is -0.820. The molecule has 0 fully saturated rings. The summed E-state index contributed by atoms with van der Waals surface area (Å²) in [6, 6.07) is 15.0. The molecule has 0 spiro atoms. The van der Waals surface area contributed by atoms with Crippen molar-refractivity contribution in [2.24, 2.45) is 0 Å². The molecule has 0 radical (unpaired) electrons. The lowest BCUT2D eigenvalue weighted by atomic mass is 10.0. The highest BCUT2D eigenvalue weighted by molar-refractivity contribution is 7.15. The highest BCUT2D eigenvalue weighted by Gasteiger charge is 2.30. The number of hydrogen-bond donors (Lipinski definition) is 1. The average molecular weight is 423 g/mol. The van der Waals surface area contributed by atoms with Gasteiger partial charge in [-0.15, -0.1) is 11.3 Å².